The van der Waals surface area contributed by atoms with Crippen LogP contribution in [0.15, 0.2) is 96.9 Å². The minimum Gasteiger partial charge on any atom is -0.279 e. The molecule has 4 aromatic rings. The molecule has 0 aliphatic rings. The Balaban J connectivity index is 1.71. The Bertz CT molecular complexity index is 1540. The average molecular weight is 552 g/mol. The maximum Gasteiger partial charge on any atom is 0.260 e. The summed E-state index contributed by atoms with van der Waals surface area (Å²) >= 11 is 7.64. The van der Waals surface area contributed by atoms with Gasteiger partial charge in [0.25, 0.3) is 5.91 Å². The molecule has 0 unspecified atom stereocenters. The van der Waals surface area contributed by atoms with Gasteiger partial charge in [0.05, 0.1) is 21.7 Å². The zero-order chi connectivity index (χ0) is 26.6. The first kappa shape index (κ1) is 26.8. The summed E-state index contributed by atoms with van der Waals surface area (Å²) in [6, 6.07) is 19.3. The van der Waals surface area contributed by atoms with E-state index < -0.39 is 10.0 Å². The van der Waals surface area contributed by atoms with E-state index in [1.165, 1.54) is 52.1 Å². The van der Waals surface area contributed by atoms with Gasteiger partial charge in [-0.15, -0.1) is 13.2 Å². The first-order valence-electron chi connectivity index (χ1n) is 11.5. The second kappa shape index (κ2) is 11.4. The minimum absolute atomic E-state index is 0.0904. The molecule has 6 nitrogen and oxygen atoms in total. The molecule has 190 valence electrons. The van der Waals surface area contributed by atoms with Gasteiger partial charge in [-0.05, 0) is 54.4 Å². The number of anilines is 1. The summed E-state index contributed by atoms with van der Waals surface area (Å²) in [7, 11) is -3.77. The van der Waals surface area contributed by atoms with Crippen LogP contribution in [-0.4, -0.2) is 36.7 Å². The summed E-state index contributed by atoms with van der Waals surface area (Å²) in [6.07, 6.45) is 3.04. The lowest BCUT2D eigenvalue weighted by Gasteiger charge is -2.21. The first-order chi connectivity index (χ1) is 17.7. The van der Waals surface area contributed by atoms with E-state index in [2.05, 4.69) is 13.2 Å². The van der Waals surface area contributed by atoms with Crippen LogP contribution in [0.1, 0.15) is 21.5 Å². The van der Waals surface area contributed by atoms with E-state index in [-0.39, 0.29) is 23.9 Å². The molecule has 0 saturated carbocycles. The third-order valence-corrected chi connectivity index (χ3v) is 8.79. The molecular weight excluding hydrogens is 526 g/mol. The molecule has 1 amide bonds. The van der Waals surface area contributed by atoms with Crippen LogP contribution in [0.2, 0.25) is 5.02 Å². The highest BCUT2D eigenvalue weighted by molar-refractivity contribution is 7.89. The molecule has 4 rings (SSSR count). The highest BCUT2D eigenvalue weighted by Gasteiger charge is 2.25. The van der Waals surface area contributed by atoms with Crippen molar-refractivity contribution in [1.29, 1.82) is 0 Å². The van der Waals surface area contributed by atoms with Gasteiger partial charge in [0.15, 0.2) is 5.13 Å². The SMILES string of the molecule is C=CCN(CC=C)S(=O)(=O)c1ccc(C(=O)N(Cc2ccccc2)c2nc3c(C)cc(Cl)cc3s2)cc1. The van der Waals surface area contributed by atoms with Gasteiger partial charge in [-0.1, -0.05) is 65.4 Å². The van der Waals surface area contributed by atoms with Crippen LogP contribution in [0.3, 0.4) is 0 Å². The van der Waals surface area contributed by atoms with Crippen molar-refractivity contribution in [3.63, 3.8) is 0 Å². The van der Waals surface area contributed by atoms with E-state index in [0.29, 0.717) is 22.3 Å². The van der Waals surface area contributed by atoms with E-state index in [0.717, 1.165) is 21.3 Å². The Kier molecular flexibility index (Phi) is 8.24. The fraction of sp³-hybridized carbons (Fsp3) is 0.143. The molecule has 0 aliphatic heterocycles. The summed E-state index contributed by atoms with van der Waals surface area (Å²) in [4.78, 5) is 20.2. The number of nitrogens with zero attached hydrogens (tertiary/aromatic N) is 3. The third kappa shape index (κ3) is 5.83. The third-order valence-electron chi connectivity index (χ3n) is 5.70. The van der Waals surface area contributed by atoms with Crippen molar-refractivity contribution in [3.05, 3.63) is 114 Å². The summed E-state index contributed by atoms with van der Waals surface area (Å²) in [6.45, 7) is 9.81. The van der Waals surface area contributed by atoms with Gasteiger partial charge >= 0.3 is 0 Å². The number of thiazole rings is 1. The molecule has 37 heavy (non-hydrogen) atoms. The standard InChI is InChI=1S/C28H26ClN3O3S2/c1-4-15-31(16-5-2)37(34,35)24-13-11-22(12-14-24)27(33)32(19-21-9-7-6-8-10-21)28-30-26-20(3)17-23(29)18-25(26)36-28/h4-14,17-18H,1-2,15-16,19H2,3H3. The molecule has 0 N–H and O–H groups in total. The van der Waals surface area contributed by atoms with Crippen molar-refractivity contribution in [2.75, 3.05) is 18.0 Å². The Morgan fingerprint density at radius 2 is 1.68 bits per heavy atom. The monoisotopic (exact) mass is 551 g/mol. The van der Waals surface area contributed by atoms with E-state index in [1.807, 2.05) is 49.4 Å². The van der Waals surface area contributed by atoms with Crippen molar-refractivity contribution in [2.24, 2.45) is 0 Å². The highest BCUT2D eigenvalue weighted by Crippen LogP contribution is 2.34. The van der Waals surface area contributed by atoms with Crippen LogP contribution in [0, 0.1) is 6.92 Å². The van der Waals surface area contributed by atoms with Crippen molar-refractivity contribution in [2.45, 2.75) is 18.4 Å². The number of hydrogen-bond acceptors (Lipinski definition) is 5. The number of aryl methyl sites for hydroxylation is 1. The Morgan fingerprint density at radius 1 is 1.03 bits per heavy atom. The van der Waals surface area contributed by atoms with Crippen molar-refractivity contribution >= 4 is 54.2 Å². The molecule has 0 saturated heterocycles. The van der Waals surface area contributed by atoms with Crippen LogP contribution in [-0.2, 0) is 16.6 Å². The molecule has 3 aromatic carbocycles. The molecule has 9 heteroatoms. The molecule has 0 atom stereocenters. The maximum absolute atomic E-state index is 13.8. The zero-order valence-corrected chi connectivity index (χ0v) is 22.7. The molecule has 1 aromatic heterocycles. The normalized spacial score (nSPS) is 11.5. The van der Waals surface area contributed by atoms with E-state index >= 15 is 0 Å². The lowest BCUT2D eigenvalue weighted by Crippen LogP contribution is -2.32. The van der Waals surface area contributed by atoms with Crippen LogP contribution < -0.4 is 4.90 Å². The number of rotatable bonds is 10. The predicted octanol–water partition coefficient (Wildman–Crippen LogP) is 6.47. The van der Waals surface area contributed by atoms with Gasteiger partial charge in [0.2, 0.25) is 10.0 Å². The summed E-state index contributed by atoms with van der Waals surface area (Å²) < 4.78 is 28.3. The number of carbonyl (C=O) groups excluding carboxylic acids is 1. The Hall–Kier alpha value is -3.30. The largest absolute Gasteiger partial charge is 0.279 e. The topological polar surface area (TPSA) is 70.6 Å². The molecule has 1 heterocycles. The van der Waals surface area contributed by atoms with Gasteiger partial charge < -0.3 is 0 Å². The quantitative estimate of drug-likeness (QED) is 0.212. The number of benzene rings is 3. The number of hydrogen-bond donors (Lipinski definition) is 0. The first-order valence-corrected chi connectivity index (χ1v) is 14.1. The van der Waals surface area contributed by atoms with E-state index in [1.54, 1.807) is 4.90 Å². The summed E-state index contributed by atoms with van der Waals surface area (Å²) in [5.74, 6) is -0.287. The average Bonchev–Trinajstić information content (AvgIpc) is 3.31. The Labute approximate surface area is 226 Å². The fourth-order valence-corrected chi connectivity index (χ4v) is 6.68. The molecule has 0 bridgehead atoms. The van der Waals surface area contributed by atoms with Gasteiger partial charge in [0.1, 0.15) is 0 Å². The summed E-state index contributed by atoms with van der Waals surface area (Å²) in [5, 5.41) is 1.15. The predicted molar refractivity (Wildman–Crippen MR) is 152 cm³/mol. The number of fused-ring (bicyclic) bond motifs is 1. The molecular formula is C28H26ClN3O3S2. The second-order valence-electron chi connectivity index (χ2n) is 8.37. The molecule has 0 aliphatic carbocycles. The number of aromatic nitrogens is 1. The van der Waals surface area contributed by atoms with Crippen LogP contribution >= 0.6 is 22.9 Å². The fourth-order valence-electron chi connectivity index (χ4n) is 3.88. The van der Waals surface area contributed by atoms with Crippen LogP contribution in [0.4, 0.5) is 5.13 Å². The van der Waals surface area contributed by atoms with Crippen molar-refractivity contribution in [3.8, 4) is 0 Å². The van der Waals surface area contributed by atoms with Crippen molar-refractivity contribution < 1.29 is 13.2 Å². The number of amides is 1. The smallest absolute Gasteiger partial charge is 0.260 e. The molecule has 0 fully saturated rings. The van der Waals surface area contributed by atoms with Gasteiger partial charge in [-0.3, -0.25) is 9.69 Å². The molecule has 0 radical (unpaired) electrons. The second-order valence-corrected chi connectivity index (χ2v) is 11.7. The van der Waals surface area contributed by atoms with E-state index in [9.17, 15) is 13.2 Å². The van der Waals surface area contributed by atoms with Crippen LogP contribution in [0.5, 0.6) is 0 Å². The molecule has 0 spiro atoms. The van der Waals surface area contributed by atoms with Gasteiger partial charge in [0, 0.05) is 23.7 Å². The van der Waals surface area contributed by atoms with Crippen molar-refractivity contribution in [1.82, 2.24) is 9.29 Å². The lowest BCUT2D eigenvalue weighted by molar-refractivity contribution is 0.0985. The zero-order valence-electron chi connectivity index (χ0n) is 20.3. The highest BCUT2D eigenvalue weighted by atomic mass is 35.5. The lowest BCUT2D eigenvalue weighted by atomic mass is 10.1. The number of carbonyl (C=O) groups is 1. The number of halogens is 1. The van der Waals surface area contributed by atoms with Gasteiger partial charge in [-0.25, -0.2) is 13.4 Å². The van der Waals surface area contributed by atoms with Gasteiger partial charge in [-0.2, -0.15) is 4.31 Å². The van der Waals surface area contributed by atoms with Crippen LogP contribution in [0.25, 0.3) is 10.2 Å². The summed E-state index contributed by atoms with van der Waals surface area (Å²) in [5.41, 5.74) is 3.01. The Morgan fingerprint density at radius 3 is 2.30 bits per heavy atom. The number of sulfonamides is 1. The van der Waals surface area contributed by atoms with E-state index in [4.69, 9.17) is 16.6 Å². The minimum atomic E-state index is -3.77. The maximum atomic E-state index is 13.8.